The van der Waals surface area contributed by atoms with E-state index in [0.29, 0.717) is 13.1 Å². The van der Waals surface area contributed by atoms with Crippen molar-refractivity contribution in [3.8, 4) is 0 Å². The van der Waals surface area contributed by atoms with Gasteiger partial charge in [-0.15, -0.1) is 0 Å². The van der Waals surface area contributed by atoms with E-state index in [1.807, 2.05) is 13.8 Å². The first-order valence-corrected chi connectivity index (χ1v) is 6.72. The molecule has 0 radical (unpaired) electrons. The summed E-state index contributed by atoms with van der Waals surface area (Å²) < 4.78 is 31.0. The van der Waals surface area contributed by atoms with E-state index in [1.54, 1.807) is 6.92 Å². The summed E-state index contributed by atoms with van der Waals surface area (Å²) in [4.78, 5) is 0. The van der Waals surface area contributed by atoms with Crippen LogP contribution in [0.2, 0.25) is 0 Å². The number of sulfonamides is 1. The fraction of sp³-hybridized carbons (Fsp3) is 1.00. The van der Waals surface area contributed by atoms with E-state index in [4.69, 9.17) is 10.5 Å². The number of hydrogen-bond acceptors (Lipinski definition) is 4. The van der Waals surface area contributed by atoms with Crippen LogP contribution < -0.4 is 5.73 Å². The Bertz CT molecular complexity index is 294. The molecule has 1 aliphatic rings. The molecule has 3 atom stereocenters. The van der Waals surface area contributed by atoms with E-state index in [9.17, 15) is 8.42 Å². The highest BCUT2D eigenvalue weighted by Gasteiger charge is 2.33. The molecule has 0 aromatic carbocycles. The molecule has 0 bridgehead atoms. The minimum atomic E-state index is -3.25. The molecule has 15 heavy (non-hydrogen) atoms. The van der Waals surface area contributed by atoms with Gasteiger partial charge < -0.3 is 10.5 Å². The van der Waals surface area contributed by atoms with Crippen LogP contribution in [0.5, 0.6) is 0 Å². The number of ether oxygens (including phenoxy) is 1. The molecule has 1 fully saturated rings. The molecule has 0 aromatic heterocycles. The first-order chi connectivity index (χ1) is 6.87. The van der Waals surface area contributed by atoms with Crippen LogP contribution in [0.1, 0.15) is 20.8 Å². The van der Waals surface area contributed by atoms with Crippen molar-refractivity contribution in [1.82, 2.24) is 4.31 Å². The Hall–Kier alpha value is -0.170. The van der Waals surface area contributed by atoms with Gasteiger partial charge in [-0.25, -0.2) is 8.42 Å². The highest BCUT2D eigenvalue weighted by atomic mass is 32.2. The van der Waals surface area contributed by atoms with Crippen LogP contribution in [0.25, 0.3) is 0 Å². The van der Waals surface area contributed by atoms with E-state index < -0.39 is 15.3 Å². The fourth-order valence-electron chi connectivity index (χ4n) is 1.71. The van der Waals surface area contributed by atoms with Crippen molar-refractivity contribution in [3.05, 3.63) is 0 Å². The molecule has 0 aliphatic carbocycles. The quantitative estimate of drug-likeness (QED) is 0.735. The van der Waals surface area contributed by atoms with Gasteiger partial charge in [0.2, 0.25) is 10.0 Å². The number of nitrogens with two attached hydrogens (primary N) is 1. The standard InChI is InChI=1S/C9H20N2O3S/c1-7-5-11(6-8(2)14-7)15(12,13)9(3)4-10/h7-9H,4-6,10H2,1-3H3/t7-,8+,9?. The normalized spacial score (nSPS) is 31.5. The number of morpholine rings is 1. The molecule has 1 unspecified atom stereocenters. The lowest BCUT2D eigenvalue weighted by molar-refractivity contribution is -0.0442. The van der Waals surface area contributed by atoms with Crippen molar-refractivity contribution in [2.45, 2.75) is 38.2 Å². The van der Waals surface area contributed by atoms with Crippen LogP contribution in [0, 0.1) is 0 Å². The van der Waals surface area contributed by atoms with Crippen molar-refractivity contribution in [2.24, 2.45) is 5.73 Å². The minimum absolute atomic E-state index is 0.0477. The van der Waals surface area contributed by atoms with Gasteiger partial charge in [0.05, 0.1) is 17.5 Å². The molecule has 2 N–H and O–H groups in total. The van der Waals surface area contributed by atoms with Gasteiger partial charge in [-0.05, 0) is 20.8 Å². The average molecular weight is 236 g/mol. The van der Waals surface area contributed by atoms with Gasteiger partial charge >= 0.3 is 0 Å². The molecular weight excluding hydrogens is 216 g/mol. The zero-order valence-corrected chi connectivity index (χ0v) is 10.3. The summed E-state index contributed by atoms with van der Waals surface area (Å²) in [5.74, 6) is 0. The second-order valence-corrected chi connectivity index (χ2v) is 6.52. The van der Waals surface area contributed by atoms with Crippen LogP contribution in [0.3, 0.4) is 0 Å². The minimum Gasteiger partial charge on any atom is -0.373 e. The molecule has 0 amide bonds. The maximum atomic E-state index is 12.0. The SMILES string of the molecule is CC(CN)S(=O)(=O)N1C[C@@H](C)O[C@@H](C)C1. The Morgan fingerprint density at radius 2 is 1.87 bits per heavy atom. The van der Waals surface area contributed by atoms with E-state index >= 15 is 0 Å². The fourth-order valence-corrected chi connectivity index (χ4v) is 3.30. The molecule has 1 aliphatic heterocycles. The molecule has 0 aromatic rings. The van der Waals surface area contributed by atoms with E-state index in [0.717, 1.165) is 0 Å². The molecule has 90 valence electrons. The van der Waals surface area contributed by atoms with Gasteiger partial charge in [0.25, 0.3) is 0 Å². The highest BCUT2D eigenvalue weighted by Crippen LogP contribution is 2.17. The van der Waals surface area contributed by atoms with Crippen LogP contribution in [-0.4, -0.2) is 49.8 Å². The molecule has 5 nitrogen and oxygen atoms in total. The first-order valence-electron chi connectivity index (χ1n) is 5.22. The summed E-state index contributed by atoms with van der Waals surface area (Å²) in [5.41, 5.74) is 5.40. The molecule has 6 heteroatoms. The summed E-state index contributed by atoms with van der Waals surface area (Å²) in [6.07, 6.45) is -0.0954. The van der Waals surface area contributed by atoms with Gasteiger partial charge in [-0.2, -0.15) is 4.31 Å². The lowest BCUT2D eigenvalue weighted by Gasteiger charge is -2.35. The zero-order valence-electron chi connectivity index (χ0n) is 9.51. The van der Waals surface area contributed by atoms with Crippen molar-refractivity contribution in [3.63, 3.8) is 0 Å². The summed E-state index contributed by atoms with van der Waals surface area (Å²) in [6, 6.07) is 0. The maximum absolute atomic E-state index is 12.0. The number of hydrogen-bond donors (Lipinski definition) is 1. The smallest absolute Gasteiger partial charge is 0.218 e. The van der Waals surface area contributed by atoms with Gasteiger partial charge in [-0.1, -0.05) is 0 Å². The van der Waals surface area contributed by atoms with Crippen molar-refractivity contribution < 1.29 is 13.2 Å². The van der Waals surface area contributed by atoms with Gasteiger partial charge in [0.15, 0.2) is 0 Å². The van der Waals surface area contributed by atoms with Crippen LogP contribution >= 0.6 is 0 Å². The summed E-state index contributed by atoms with van der Waals surface area (Å²) in [7, 11) is -3.25. The largest absolute Gasteiger partial charge is 0.373 e. The average Bonchev–Trinajstić information content (AvgIpc) is 2.15. The molecular formula is C9H20N2O3S. The lowest BCUT2D eigenvalue weighted by Crippen LogP contribution is -2.51. The number of nitrogens with zero attached hydrogens (tertiary/aromatic N) is 1. The lowest BCUT2D eigenvalue weighted by atomic mass is 10.3. The predicted octanol–water partition coefficient (Wildman–Crippen LogP) is -0.227. The predicted molar refractivity (Wildman–Crippen MR) is 59.0 cm³/mol. The van der Waals surface area contributed by atoms with E-state index in [2.05, 4.69) is 0 Å². The molecule has 1 heterocycles. The van der Waals surface area contributed by atoms with Crippen LogP contribution in [0.4, 0.5) is 0 Å². The Labute approximate surface area is 91.6 Å². The Balaban J connectivity index is 2.79. The topological polar surface area (TPSA) is 72.6 Å². The third-order valence-electron chi connectivity index (χ3n) is 2.59. The molecule has 1 rings (SSSR count). The molecule has 1 saturated heterocycles. The Morgan fingerprint density at radius 1 is 1.40 bits per heavy atom. The van der Waals surface area contributed by atoms with Gasteiger partial charge in [0, 0.05) is 19.6 Å². The Morgan fingerprint density at radius 3 is 2.27 bits per heavy atom. The highest BCUT2D eigenvalue weighted by molar-refractivity contribution is 7.89. The number of rotatable bonds is 3. The molecule has 0 spiro atoms. The van der Waals surface area contributed by atoms with Crippen molar-refractivity contribution in [2.75, 3.05) is 19.6 Å². The van der Waals surface area contributed by atoms with E-state index in [1.165, 1.54) is 4.31 Å². The second kappa shape index (κ2) is 4.78. The third kappa shape index (κ3) is 2.90. The van der Waals surface area contributed by atoms with Crippen LogP contribution in [0.15, 0.2) is 0 Å². The summed E-state index contributed by atoms with van der Waals surface area (Å²) >= 11 is 0. The molecule has 0 saturated carbocycles. The maximum Gasteiger partial charge on any atom is 0.218 e. The summed E-state index contributed by atoms with van der Waals surface area (Å²) in [6.45, 7) is 6.41. The van der Waals surface area contributed by atoms with Crippen LogP contribution in [-0.2, 0) is 14.8 Å². The van der Waals surface area contributed by atoms with Crippen molar-refractivity contribution in [1.29, 1.82) is 0 Å². The van der Waals surface area contributed by atoms with E-state index in [-0.39, 0.29) is 18.8 Å². The third-order valence-corrected chi connectivity index (χ3v) is 4.81. The Kier molecular flexibility index (Phi) is 4.11. The first kappa shape index (κ1) is 12.9. The zero-order chi connectivity index (χ0) is 11.6. The monoisotopic (exact) mass is 236 g/mol. The van der Waals surface area contributed by atoms with Gasteiger partial charge in [-0.3, -0.25) is 0 Å². The van der Waals surface area contributed by atoms with Gasteiger partial charge in [0.1, 0.15) is 0 Å². The second-order valence-electron chi connectivity index (χ2n) is 4.17. The summed E-state index contributed by atoms with van der Waals surface area (Å²) in [5, 5.41) is -0.519. The van der Waals surface area contributed by atoms with Crippen molar-refractivity contribution >= 4 is 10.0 Å².